The second-order valence-electron chi connectivity index (χ2n) is 6.86. The molecule has 150 valence electrons. The molecule has 0 spiro atoms. The average Bonchev–Trinajstić information content (AvgIpc) is 2.97. The van der Waals surface area contributed by atoms with E-state index in [1.165, 1.54) is 16.7 Å². The van der Waals surface area contributed by atoms with Crippen molar-refractivity contribution in [2.75, 3.05) is 20.1 Å². The monoisotopic (exact) mass is 484 g/mol. The van der Waals surface area contributed by atoms with E-state index >= 15 is 0 Å². The highest BCUT2D eigenvalue weighted by molar-refractivity contribution is 14.0. The van der Waals surface area contributed by atoms with E-state index in [1.807, 2.05) is 13.8 Å². The van der Waals surface area contributed by atoms with Gasteiger partial charge in [0.1, 0.15) is 5.76 Å². The van der Waals surface area contributed by atoms with Crippen LogP contribution in [-0.4, -0.2) is 36.2 Å². The van der Waals surface area contributed by atoms with Crippen molar-refractivity contribution in [3.05, 3.63) is 52.4 Å². The minimum absolute atomic E-state index is 0. The third-order valence-electron chi connectivity index (χ3n) is 4.64. The van der Waals surface area contributed by atoms with Crippen LogP contribution in [0.25, 0.3) is 0 Å². The Morgan fingerprint density at radius 3 is 2.33 bits per heavy atom. The maximum Gasteiger partial charge on any atom is 0.193 e. The van der Waals surface area contributed by atoms with Crippen molar-refractivity contribution in [2.24, 2.45) is 4.99 Å². The second-order valence-corrected chi connectivity index (χ2v) is 6.86. The molecule has 1 aromatic carbocycles. The smallest absolute Gasteiger partial charge is 0.193 e. The highest BCUT2D eigenvalue weighted by Crippen LogP contribution is 2.23. The number of hydrogen-bond donors (Lipinski definition) is 1. The lowest BCUT2D eigenvalue weighted by Gasteiger charge is -2.23. The summed E-state index contributed by atoms with van der Waals surface area (Å²) in [6.45, 7) is 12.8. The summed E-state index contributed by atoms with van der Waals surface area (Å²) in [7, 11) is 2.08. The third-order valence-corrected chi connectivity index (χ3v) is 4.64. The van der Waals surface area contributed by atoms with Crippen molar-refractivity contribution < 1.29 is 4.52 Å². The molecule has 0 saturated heterocycles. The summed E-state index contributed by atoms with van der Waals surface area (Å²) in [5.74, 6) is 2.08. The van der Waals surface area contributed by atoms with Crippen molar-refractivity contribution in [1.29, 1.82) is 0 Å². The Bertz CT molecular complexity index is 705. The fraction of sp³-hybridized carbons (Fsp3) is 0.524. The highest BCUT2D eigenvalue weighted by atomic mass is 127. The van der Waals surface area contributed by atoms with E-state index in [-0.39, 0.29) is 29.9 Å². The quantitative estimate of drug-likeness (QED) is 0.353. The number of nitrogens with one attached hydrogen (secondary N) is 1. The lowest BCUT2D eigenvalue weighted by atomic mass is 10.00. The summed E-state index contributed by atoms with van der Waals surface area (Å²) in [5.41, 5.74) is 4.78. The molecule has 5 nitrogen and oxygen atoms in total. The highest BCUT2D eigenvalue weighted by Gasteiger charge is 2.16. The standard InChI is InChI=1S/C21H32N4O.HI/c1-7-18-9-11-19(12-10-18)14-25(6)21(22-8-2)23-13-15(3)20-16(4)24-26-17(20)5;/h9-12,15H,7-8,13-14H2,1-6H3,(H,22,23);1H. The summed E-state index contributed by atoms with van der Waals surface area (Å²) >= 11 is 0. The van der Waals surface area contributed by atoms with E-state index in [1.54, 1.807) is 0 Å². The van der Waals surface area contributed by atoms with Gasteiger partial charge in [-0.1, -0.05) is 43.3 Å². The van der Waals surface area contributed by atoms with Gasteiger partial charge in [0.05, 0.1) is 5.69 Å². The fourth-order valence-corrected chi connectivity index (χ4v) is 3.21. The summed E-state index contributed by atoms with van der Waals surface area (Å²) in [4.78, 5) is 7.01. The molecular weight excluding hydrogens is 451 g/mol. The van der Waals surface area contributed by atoms with Crippen LogP contribution in [0.5, 0.6) is 0 Å². The normalized spacial score (nSPS) is 12.4. The van der Waals surface area contributed by atoms with E-state index in [4.69, 9.17) is 9.52 Å². The molecule has 0 saturated carbocycles. The summed E-state index contributed by atoms with van der Waals surface area (Å²) < 4.78 is 5.29. The number of benzene rings is 1. The van der Waals surface area contributed by atoms with Crippen molar-refractivity contribution in [1.82, 2.24) is 15.4 Å². The van der Waals surface area contributed by atoms with Gasteiger partial charge in [-0.05, 0) is 38.3 Å². The molecule has 6 heteroatoms. The average molecular weight is 484 g/mol. The molecule has 0 amide bonds. The van der Waals surface area contributed by atoms with Gasteiger partial charge in [0.15, 0.2) is 5.96 Å². The van der Waals surface area contributed by atoms with Gasteiger partial charge < -0.3 is 14.7 Å². The lowest BCUT2D eigenvalue weighted by molar-refractivity contribution is 0.391. The number of hydrogen-bond acceptors (Lipinski definition) is 3. The Kier molecular flexibility index (Phi) is 9.83. The molecule has 2 rings (SSSR count). The zero-order chi connectivity index (χ0) is 19.1. The van der Waals surface area contributed by atoms with Crippen LogP contribution >= 0.6 is 24.0 Å². The summed E-state index contributed by atoms with van der Waals surface area (Å²) in [6, 6.07) is 8.80. The number of aliphatic imine (C=N–C) groups is 1. The topological polar surface area (TPSA) is 53.7 Å². The van der Waals surface area contributed by atoms with Crippen molar-refractivity contribution in [2.45, 2.75) is 53.5 Å². The van der Waals surface area contributed by atoms with Gasteiger partial charge >= 0.3 is 0 Å². The molecule has 1 N–H and O–H groups in total. The van der Waals surface area contributed by atoms with Gasteiger partial charge in [0, 0.05) is 38.2 Å². The largest absolute Gasteiger partial charge is 0.361 e. The van der Waals surface area contributed by atoms with Crippen molar-refractivity contribution >= 4 is 29.9 Å². The maximum atomic E-state index is 5.29. The van der Waals surface area contributed by atoms with Gasteiger partial charge in [-0.15, -0.1) is 24.0 Å². The molecule has 0 fully saturated rings. The van der Waals surface area contributed by atoms with Crippen LogP contribution in [0.15, 0.2) is 33.8 Å². The predicted molar refractivity (Wildman–Crippen MR) is 123 cm³/mol. The molecule has 2 aromatic rings. The third kappa shape index (κ3) is 6.52. The molecule has 1 unspecified atom stereocenters. The van der Waals surface area contributed by atoms with Crippen LogP contribution in [-0.2, 0) is 13.0 Å². The van der Waals surface area contributed by atoms with Gasteiger partial charge in [0.25, 0.3) is 0 Å². The maximum absolute atomic E-state index is 5.29. The molecule has 1 heterocycles. The van der Waals surface area contributed by atoms with Crippen LogP contribution in [0.2, 0.25) is 0 Å². The molecular formula is C21H33IN4O. The molecule has 0 aliphatic heterocycles. The van der Waals surface area contributed by atoms with Gasteiger partial charge in [-0.25, -0.2) is 0 Å². The van der Waals surface area contributed by atoms with E-state index in [0.717, 1.165) is 36.9 Å². The first-order valence-electron chi connectivity index (χ1n) is 9.46. The number of guanidine groups is 1. The Morgan fingerprint density at radius 2 is 1.81 bits per heavy atom. The number of nitrogens with zero attached hydrogens (tertiary/aromatic N) is 3. The molecule has 27 heavy (non-hydrogen) atoms. The molecule has 0 aliphatic rings. The first-order valence-corrected chi connectivity index (χ1v) is 9.46. The number of halogens is 1. The minimum Gasteiger partial charge on any atom is -0.361 e. The molecule has 0 bridgehead atoms. The summed E-state index contributed by atoms with van der Waals surface area (Å²) in [6.07, 6.45) is 1.07. The number of rotatable bonds is 7. The second kappa shape index (κ2) is 11.3. The van der Waals surface area contributed by atoms with Crippen molar-refractivity contribution in [3.63, 3.8) is 0 Å². The van der Waals surface area contributed by atoms with Crippen molar-refractivity contribution in [3.8, 4) is 0 Å². The summed E-state index contributed by atoms with van der Waals surface area (Å²) in [5, 5.41) is 7.45. The van der Waals surface area contributed by atoms with Crippen LogP contribution in [0, 0.1) is 13.8 Å². The van der Waals surface area contributed by atoms with Crippen LogP contribution < -0.4 is 5.32 Å². The van der Waals surface area contributed by atoms with E-state index < -0.39 is 0 Å². The predicted octanol–water partition coefficient (Wildman–Crippen LogP) is 4.67. The molecule has 0 radical (unpaired) electrons. The minimum atomic E-state index is 0. The Labute approximate surface area is 180 Å². The van der Waals surface area contributed by atoms with E-state index in [9.17, 15) is 0 Å². The molecule has 1 aromatic heterocycles. The van der Waals surface area contributed by atoms with Gasteiger partial charge in [-0.3, -0.25) is 4.99 Å². The number of aromatic nitrogens is 1. The van der Waals surface area contributed by atoms with Gasteiger partial charge in [0.2, 0.25) is 0 Å². The van der Waals surface area contributed by atoms with Crippen LogP contribution in [0.4, 0.5) is 0 Å². The first kappa shape index (κ1) is 23.5. The Balaban J connectivity index is 0.00000364. The van der Waals surface area contributed by atoms with Crippen LogP contribution in [0.1, 0.15) is 54.8 Å². The van der Waals surface area contributed by atoms with E-state index in [0.29, 0.717) is 6.54 Å². The first-order chi connectivity index (χ1) is 12.5. The lowest BCUT2D eigenvalue weighted by Crippen LogP contribution is -2.38. The number of aryl methyl sites for hydroxylation is 3. The SMILES string of the molecule is CCNC(=NCC(C)c1c(C)noc1C)N(C)Cc1ccc(CC)cc1.I. The molecule has 0 aliphatic carbocycles. The fourth-order valence-electron chi connectivity index (χ4n) is 3.21. The zero-order valence-corrected chi connectivity index (χ0v) is 19.7. The Hall–Kier alpha value is -1.57. The molecule has 1 atom stereocenters. The Morgan fingerprint density at radius 1 is 1.19 bits per heavy atom. The van der Waals surface area contributed by atoms with Crippen LogP contribution in [0.3, 0.4) is 0 Å². The van der Waals surface area contributed by atoms with Gasteiger partial charge in [-0.2, -0.15) is 0 Å². The zero-order valence-electron chi connectivity index (χ0n) is 17.4. The van der Waals surface area contributed by atoms with E-state index in [2.05, 4.69) is 67.5 Å².